The number of thioether (sulfide) groups is 1. The third kappa shape index (κ3) is 11.0. The molecule has 1 amide bonds. The number of ether oxygens (including phenoxy) is 2. The first kappa shape index (κ1) is 38.2. The van der Waals surface area contributed by atoms with Crippen LogP contribution < -0.4 is 10.6 Å². The van der Waals surface area contributed by atoms with Crippen molar-refractivity contribution in [1.82, 2.24) is 10.6 Å². The first-order valence-corrected chi connectivity index (χ1v) is 17.9. The van der Waals surface area contributed by atoms with Gasteiger partial charge in [0.05, 0.1) is 4.75 Å². The van der Waals surface area contributed by atoms with E-state index in [0.29, 0.717) is 0 Å². The molecular formula is C41H48N2O6S. The van der Waals surface area contributed by atoms with Crippen LogP contribution in [0.2, 0.25) is 0 Å². The molecule has 9 heteroatoms. The zero-order chi connectivity index (χ0) is 36.0. The lowest BCUT2D eigenvalue weighted by molar-refractivity contribution is -0.159. The molecular weight excluding hydrogens is 649 g/mol. The van der Waals surface area contributed by atoms with Crippen molar-refractivity contribution in [1.29, 1.82) is 0 Å². The van der Waals surface area contributed by atoms with Gasteiger partial charge in [-0.15, -0.1) is 11.8 Å². The maximum Gasteiger partial charge on any atom is 0.408 e. The molecule has 50 heavy (non-hydrogen) atoms. The Bertz CT molecular complexity index is 1540. The topological polar surface area (TPSA) is 114 Å². The maximum atomic E-state index is 12.3. The Kier molecular flexibility index (Phi) is 13.7. The number of hydrogen-bond donors (Lipinski definition) is 3. The molecule has 1 atom stereocenters. The number of alkyl carbamates (subject to hydrolysis) is 1. The molecule has 1 fully saturated rings. The minimum absolute atomic E-state index is 0.132. The molecule has 1 aliphatic rings. The van der Waals surface area contributed by atoms with Crippen LogP contribution in [-0.4, -0.2) is 59.2 Å². The number of aliphatic carboxylic acids is 1. The predicted molar refractivity (Wildman–Crippen MR) is 199 cm³/mol. The zero-order valence-corrected chi connectivity index (χ0v) is 30.1. The van der Waals surface area contributed by atoms with E-state index in [2.05, 4.69) is 22.8 Å². The second kappa shape index (κ2) is 17.9. The summed E-state index contributed by atoms with van der Waals surface area (Å²) in [7, 11) is 0. The van der Waals surface area contributed by atoms with Gasteiger partial charge in [-0.05, 0) is 56.1 Å². The van der Waals surface area contributed by atoms with E-state index < -0.39 is 28.5 Å². The summed E-state index contributed by atoms with van der Waals surface area (Å²) in [5.41, 5.74) is 3.27. The van der Waals surface area contributed by atoms with Crippen LogP contribution in [0.3, 0.4) is 0 Å². The number of nitrogens with one attached hydrogen (secondary N) is 2. The van der Waals surface area contributed by atoms with Gasteiger partial charge >= 0.3 is 18.0 Å². The summed E-state index contributed by atoms with van der Waals surface area (Å²) in [5.74, 6) is -1.16. The van der Waals surface area contributed by atoms with Crippen LogP contribution in [0.1, 0.15) is 62.8 Å². The highest BCUT2D eigenvalue weighted by molar-refractivity contribution is 8.00. The van der Waals surface area contributed by atoms with Crippen molar-refractivity contribution in [3.63, 3.8) is 0 Å². The van der Waals surface area contributed by atoms with E-state index in [-0.39, 0.29) is 17.3 Å². The lowest BCUT2D eigenvalue weighted by Gasteiger charge is -2.37. The fourth-order valence-electron chi connectivity index (χ4n) is 6.07. The van der Waals surface area contributed by atoms with Crippen LogP contribution in [0, 0.1) is 0 Å². The maximum absolute atomic E-state index is 12.3. The molecule has 0 radical (unpaired) electrons. The average Bonchev–Trinajstić information content (AvgIpc) is 3.09. The Labute approximate surface area is 300 Å². The minimum Gasteiger partial charge on any atom is -0.480 e. The highest BCUT2D eigenvalue weighted by atomic mass is 32.2. The van der Waals surface area contributed by atoms with Crippen LogP contribution in [0.4, 0.5) is 4.79 Å². The van der Waals surface area contributed by atoms with Crippen LogP contribution in [0.5, 0.6) is 0 Å². The van der Waals surface area contributed by atoms with Crippen molar-refractivity contribution < 1.29 is 29.0 Å². The summed E-state index contributed by atoms with van der Waals surface area (Å²) in [6, 6.07) is 39.1. The number of piperidine rings is 1. The molecule has 8 nitrogen and oxygen atoms in total. The van der Waals surface area contributed by atoms with Gasteiger partial charge in [0.2, 0.25) is 0 Å². The van der Waals surface area contributed by atoms with Crippen LogP contribution in [0.25, 0.3) is 0 Å². The molecule has 0 saturated carbocycles. The summed E-state index contributed by atoms with van der Waals surface area (Å²) in [6.45, 7) is 8.54. The fraction of sp³-hybridized carbons (Fsp3) is 0.341. The van der Waals surface area contributed by atoms with Gasteiger partial charge < -0.3 is 25.2 Å². The van der Waals surface area contributed by atoms with Crippen LogP contribution in [0.15, 0.2) is 121 Å². The van der Waals surface area contributed by atoms with Gasteiger partial charge in [-0.25, -0.2) is 9.59 Å². The first-order valence-electron chi connectivity index (χ1n) is 16.9. The smallest absolute Gasteiger partial charge is 0.408 e. The summed E-state index contributed by atoms with van der Waals surface area (Å²) < 4.78 is 10.2. The van der Waals surface area contributed by atoms with Crippen molar-refractivity contribution in [2.45, 2.75) is 68.9 Å². The van der Waals surface area contributed by atoms with Gasteiger partial charge in [-0.1, -0.05) is 121 Å². The lowest BCUT2D eigenvalue weighted by Crippen LogP contribution is -2.46. The molecule has 0 aromatic heterocycles. The number of carbonyl (C=O) groups excluding carboxylic acids is 2. The fourth-order valence-corrected chi connectivity index (χ4v) is 7.62. The summed E-state index contributed by atoms with van der Waals surface area (Å²) in [6.07, 6.45) is 1.85. The zero-order valence-electron chi connectivity index (χ0n) is 29.3. The largest absolute Gasteiger partial charge is 0.480 e. The summed E-state index contributed by atoms with van der Waals surface area (Å²) >= 11 is 1.47. The highest BCUT2D eigenvalue weighted by Gasteiger charge is 2.39. The molecule has 1 aliphatic heterocycles. The quantitative estimate of drug-likeness (QED) is 0.109. The van der Waals surface area contributed by atoms with Crippen molar-refractivity contribution in [2.24, 2.45) is 0 Å². The Balaban J connectivity index is 0.000000276. The molecule has 0 unspecified atom stereocenters. The molecule has 3 N–H and O–H groups in total. The first-order chi connectivity index (χ1) is 23.9. The third-order valence-corrected chi connectivity index (χ3v) is 9.88. The van der Waals surface area contributed by atoms with Gasteiger partial charge in [0.25, 0.3) is 0 Å². The number of carboxylic acid groups (broad SMARTS) is 1. The number of hydrogen-bond acceptors (Lipinski definition) is 7. The summed E-state index contributed by atoms with van der Waals surface area (Å²) in [5, 5.41) is 15.7. The van der Waals surface area contributed by atoms with Crippen molar-refractivity contribution in [2.75, 3.05) is 18.8 Å². The van der Waals surface area contributed by atoms with E-state index in [1.165, 1.54) is 24.2 Å². The van der Waals surface area contributed by atoms with E-state index >= 15 is 0 Å². The van der Waals surface area contributed by atoms with Crippen molar-refractivity contribution in [3.05, 3.63) is 144 Å². The number of carboxylic acids is 1. The number of rotatable bonds is 11. The Hall–Kier alpha value is -4.60. The van der Waals surface area contributed by atoms with E-state index in [9.17, 15) is 19.5 Å². The molecule has 0 aliphatic carbocycles. The van der Waals surface area contributed by atoms with Crippen molar-refractivity contribution in [3.8, 4) is 0 Å². The molecule has 264 valence electrons. The number of amides is 1. The standard InChI is InChI=1S/C27H29NO4S.C14H19NO2/c1-26(2,3)32-25(31)28-23(24(29)30)19-33-27(20-13-7-4-8-14-20,21-15-9-5-10-16-21)22-17-11-6-12-18-22;1-12(16)17-14(7-9-15-10-8-14)11-13-5-3-2-4-6-13/h4-18,23H,19H2,1-3H3,(H,28,31)(H,29,30);2-6,15H,7-11H2,1H3/t23-;/m0./s1. The SMILES string of the molecule is CC(=O)OC1(Cc2ccccc2)CCNCC1.CC(C)(C)OC(=O)N[C@@H](CSC(c1ccccc1)(c1ccccc1)c1ccccc1)C(=O)O. The molecule has 0 spiro atoms. The van der Waals surface area contributed by atoms with Crippen LogP contribution in [-0.2, 0) is 30.2 Å². The molecule has 4 aromatic carbocycles. The van der Waals surface area contributed by atoms with E-state index in [4.69, 9.17) is 9.47 Å². The Morgan fingerprint density at radius 2 is 1.22 bits per heavy atom. The van der Waals surface area contributed by atoms with E-state index in [0.717, 1.165) is 49.0 Å². The van der Waals surface area contributed by atoms with Crippen LogP contribution >= 0.6 is 11.8 Å². The van der Waals surface area contributed by atoms with Gasteiger partial charge in [0.15, 0.2) is 0 Å². The highest BCUT2D eigenvalue weighted by Crippen LogP contribution is 2.48. The molecule has 1 heterocycles. The average molecular weight is 697 g/mol. The number of esters is 1. The second-order valence-corrected chi connectivity index (χ2v) is 14.6. The van der Waals surface area contributed by atoms with E-state index in [1.54, 1.807) is 20.8 Å². The van der Waals surface area contributed by atoms with E-state index in [1.807, 2.05) is 109 Å². The Morgan fingerprint density at radius 1 is 0.780 bits per heavy atom. The molecule has 5 rings (SSSR count). The molecule has 1 saturated heterocycles. The van der Waals surface area contributed by atoms with Crippen molar-refractivity contribution >= 4 is 29.8 Å². The molecule has 0 bridgehead atoms. The monoisotopic (exact) mass is 696 g/mol. The van der Waals surface area contributed by atoms with Gasteiger partial charge in [0, 0.05) is 31.9 Å². The third-order valence-electron chi connectivity index (χ3n) is 8.24. The number of carbonyl (C=O) groups is 3. The normalized spacial score (nSPS) is 14.6. The summed E-state index contributed by atoms with van der Waals surface area (Å²) in [4.78, 5) is 35.6. The lowest BCUT2D eigenvalue weighted by atomic mass is 9.84. The van der Waals surface area contributed by atoms with Gasteiger partial charge in [0.1, 0.15) is 17.2 Å². The second-order valence-electron chi connectivity index (χ2n) is 13.3. The minimum atomic E-state index is -1.12. The Morgan fingerprint density at radius 3 is 1.62 bits per heavy atom. The number of benzene rings is 4. The molecule has 4 aromatic rings. The van der Waals surface area contributed by atoms with Gasteiger partial charge in [-0.3, -0.25) is 4.79 Å². The predicted octanol–water partition coefficient (Wildman–Crippen LogP) is 7.60. The van der Waals surface area contributed by atoms with Gasteiger partial charge in [-0.2, -0.15) is 0 Å².